The summed E-state index contributed by atoms with van der Waals surface area (Å²) < 4.78 is 25.6. The summed E-state index contributed by atoms with van der Waals surface area (Å²) in [6.45, 7) is 4.31. The number of carbonyl (C=O) groups is 1. The van der Waals surface area contributed by atoms with Gasteiger partial charge >= 0.3 is 0 Å². The molecule has 3 aliphatic heterocycles. The Hall–Kier alpha value is -2.55. The lowest BCUT2D eigenvalue weighted by molar-refractivity contribution is -0.126. The van der Waals surface area contributed by atoms with E-state index in [0.29, 0.717) is 30.3 Å². The van der Waals surface area contributed by atoms with Gasteiger partial charge in [0.2, 0.25) is 5.91 Å². The predicted octanol–water partition coefficient (Wildman–Crippen LogP) is 3.39. The lowest BCUT2D eigenvalue weighted by atomic mass is 9.99. The van der Waals surface area contributed by atoms with Gasteiger partial charge in [0.1, 0.15) is 19.3 Å². The number of hydrogen-bond donors (Lipinski definition) is 2. The van der Waals surface area contributed by atoms with Crippen molar-refractivity contribution in [1.29, 1.82) is 0 Å². The Morgan fingerprint density at radius 1 is 1.14 bits per heavy atom. The lowest BCUT2D eigenvalue weighted by Gasteiger charge is -2.30. The summed E-state index contributed by atoms with van der Waals surface area (Å²) in [7, 11) is 0. The molecule has 2 aromatic carbocycles. The van der Waals surface area contributed by atoms with Gasteiger partial charge in [-0.2, -0.15) is 0 Å². The van der Waals surface area contributed by atoms with Gasteiger partial charge < -0.3 is 29.7 Å². The third-order valence-corrected chi connectivity index (χ3v) is 7.33. The van der Waals surface area contributed by atoms with Gasteiger partial charge in [-0.1, -0.05) is 11.6 Å². The molecular weight excluding hydrogens is 473 g/mol. The molecule has 7 nitrogen and oxygen atoms in total. The Morgan fingerprint density at radius 3 is 2.66 bits per heavy atom. The normalized spacial score (nSPS) is 21.7. The number of nitrogens with zero attached hydrogens (tertiary/aromatic N) is 2. The number of aliphatic hydroxyl groups excluding tert-OH is 1. The topological polar surface area (TPSA) is 74.3 Å². The summed E-state index contributed by atoms with van der Waals surface area (Å²) in [5.41, 5.74) is 1.40. The maximum absolute atomic E-state index is 14.7. The standard InChI is InChI=1S/C26H31ClFN3O4/c27-19-3-5-20(6-4-19)31-10-7-17(15-31)26(33)29-22(16-30-8-1-2-9-30)24(32)18-13-21(28)25-23(14-18)34-11-12-35-25/h3-6,13-14,17,22,24,32H,1-2,7-12,15-16H2,(H,29,33)/t17-,22+,24+/m0/s1. The minimum absolute atomic E-state index is 0.0700. The molecule has 0 aromatic heterocycles. The van der Waals surface area contributed by atoms with Crippen LogP contribution in [0.1, 0.15) is 30.9 Å². The highest BCUT2D eigenvalue weighted by Gasteiger charge is 2.33. The molecule has 0 aliphatic carbocycles. The zero-order valence-corrected chi connectivity index (χ0v) is 20.3. The van der Waals surface area contributed by atoms with Gasteiger partial charge in [0.15, 0.2) is 17.3 Å². The molecule has 2 aromatic rings. The zero-order chi connectivity index (χ0) is 24.4. The van der Waals surface area contributed by atoms with E-state index in [1.807, 2.05) is 24.3 Å². The molecule has 3 atom stereocenters. The maximum Gasteiger partial charge on any atom is 0.225 e. The predicted molar refractivity (Wildman–Crippen MR) is 132 cm³/mol. The first-order valence-electron chi connectivity index (χ1n) is 12.3. The fourth-order valence-electron chi connectivity index (χ4n) is 5.16. The van der Waals surface area contributed by atoms with Crippen LogP contribution in [0, 0.1) is 11.7 Å². The quantitative estimate of drug-likeness (QED) is 0.603. The second-order valence-corrected chi connectivity index (χ2v) is 9.94. The molecule has 2 N–H and O–H groups in total. The van der Waals surface area contributed by atoms with Crippen LogP contribution < -0.4 is 19.7 Å². The van der Waals surface area contributed by atoms with Crippen molar-refractivity contribution in [3.63, 3.8) is 0 Å². The zero-order valence-electron chi connectivity index (χ0n) is 19.6. The Labute approximate surface area is 209 Å². The van der Waals surface area contributed by atoms with E-state index in [4.69, 9.17) is 21.1 Å². The van der Waals surface area contributed by atoms with E-state index in [-0.39, 0.29) is 29.9 Å². The van der Waals surface area contributed by atoms with Crippen LogP contribution in [0.5, 0.6) is 11.5 Å². The smallest absolute Gasteiger partial charge is 0.225 e. The Kier molecular flexibility index (Phi) is 7.32. The minimum atomic E-state index is -1.08. The fourth-order valence-corrected chi connectivity index (χ4v) is 5.29. The number of hydrogen-bond acceptors (Lipinski definition) is 6. The number of ether oxygens (including phenoxy) is 2. The van der Waals surface area contributed by atoms with Gasteiger partial charge in [-0.25, -0.2) is 4.39 Å². The number of fused-ring (bicyclic) bond motifs is 1. The molecule has 35 heavy (non-hydrogen) atoms. The Morgan fingerprint density at radius 2 is 1.89 bits per heavy atom. The van der Waals surface area contributed by atoms with Gasteiger partial charge in [-0.3, -0.25) is 4.79 Å². The molecule has 1 amide bonds. The molecule has 5 rings (SSSR count). The van der Waals surface area contributed by atoms with E-state index in [1.165, 1.54) is 6.07 Å². The summed E-state index contributed by atoms with van der Waals surface area (Å²) in [4.78, 5) is 17.7. The minimum Gasteiger partial charge on any atom is -0.486 e. The third-order valence-electron chi connectivity index (χ3n) is 7.07. The summed E-state index contributed by atoms with van der Waals surface area (Å²) in [6, 6.07) is 9.92. The van der Waals surface area contributed by atoms with Crippen molar-refractivity contribution < 1.29 is 23.8 Å². The summed E-state index contributed by atoms with van der Waals surface area (Å²) >= 11 is 6.01. The number of benzene rings is 2. The van der Waals surface area contributed by atoms with Crippen molar-refractivity contribution in [3.8, 4) is 11.5 Å². The summed E-state index contributed by atoms with van der Waals surface area (Å²) in [5, 5.41) is 15.1. The third kappa shape index (κ3) is 5.50. The first kappa shape index (κ1) is 24.2. The van der Waals surface area contributed by atoms with Gasteiger partial charge in [0.05, 0.1) is 12.0 Å². The number of halogens is 2. The molecule has 2 fully saturated rings. The monoisotopic (exact) mass is 503 g/mol. The number of anilines is 1. The molecule has 0 unspecified atom stereocenters. The van der Waals surface area contributed by atoms with Crippen LogP contribution in [0.4, 0.5) is 10.1 Å². The van der Waals surface area contributed by atoms with E-state index in [0.717, 1.165) is 44.6 Å². The number of nitrogens with one attached hydrogen (secondary N) is 1. The fraction of sp³-hybridized carbons (Fsp3) is 0.500. The first-order chi connectivity index (χ1) is 17.0. The van der Waals surface area contributed by atoms with Gasteiger partial charge in [-0.05, 0) is 74.3 Å². The van der Waals surface area contributed by atoms with Crippen molar-refractivity contribution in [1.82, 2.24) is 10.2 Å². The number of aliphatic hydroxyl groups is 1. The highest BCUT2D eigenvalue weighted by molar-refractivity contribution is 6.30. The summed E-state index contributed by atoms with van der Waals surface area (Å²) in [6.07, 6.45) is 1.82. The molecule has 0 saturated carbocycles. The number of rotatable bonds is 7. The van der Waals surface area contributed by atoms with Gasteiger partial charge in [-0.15, -0.1) is 0 Å². The first-order valence-corrected chi connectivity index (χ1v) is 12.7. The van der Waals surface area contributed by atoms with Gasteiger partial charge in [0, 0.05) is 30.3 Å². The Bertz CT molecular complexity index is 1050. The number of amides is 1. The van der Waals surface area contributed by atoms with E-state index < -0.39 is 18.0 Å². The molecule has 188 valence electrons. The van der Waals surface area contributed by atoms with Crippen LogP contribution in [0.15, 0.2) is 36.4 Å². The SMILES string of the molecule is O=C(N[C@H](CN1CCCC1)[C@H](O)c1cc(F)c2c(c1)OCCO2)[C@H]1CCN(c2ccc(Cl)cc2)C1. The number of likely N-dealkylation sites (tertiary alicyclic amines) is 1. The highest BCUT2D eigenvalue weighted by atomic mass is 35.5. The van der Waals surface area contributed by atoms with Crippen molar-refractivity contribution in [2.75, 3.05) is 50.8 Å². The van der Waals surface area contributed by atoms with Crippen LogP contribution in [0.25, 0.3) is 0 Å². The molecule has 9 heteroatoms. The van der Waals surface area contributed by atoms with E-state index in [1.54, 1.807) is 6.07 Å². The largest absolute Gasteiger partial charge is 0.486 e. The molecule has 0 radical (unpaired) electrons. The van der Waals surface area contributed by atoms with Crippen LogP contribution in [0.3, 0.4) is 0 Å². The van der Waals surface area contributed by atoms with Crippen molar-refractivity contribution >= 4 is 23.2 Å². The van der Waals surface area contributed by atoms with Crippen molar-refractivity contribution in [3.05, 3.63) is 52.8 Å². The average Bonchev–Trinajstić information content (AvgIpc) is 3.56. The molecule has 2 saturated heterocycles. The van der Waals surface area contributed by atoms with E-state index in [2.05, 4.69) is 15.1 Å². The second-order valence-electron chi connectivity index (χ2n) is 9.50. The van der Waals surface area contributed by atoms with Crippen LogP contribution >= 0.6 is 11.6 Å². The average molecular weight is 504 g/mol. The van der Waals surface area contributed by atoms with Crippen LogP contribution in [0.2, 0.25) is 5.02 Å². The molecule has 0 bridgehead atoms. The molecule has 3 aliphatic rings. The van der Waals surface area contributed by atoms with E-state index >= 15 is 0 Å². The maximum atomic E-state index is 14.7. The second kappa shape index (κ2) is 10.6. The van der Waals surface area contributed by atoms with Crippen molar-refractivity contribution in [2.45, 2.75) is 31.4 Å². The van der Waals surface area contributed by atoms with Gasteiger partial charge in [0.25, 0.3) is 0 Å². The summed E-state index contributed by atoms with van der Waals surface area (Å²) in [5.74, 6) is -0.512. The van der Waals surface area contributed by atoms with Crippen LogP contribution in [-0.4, -0.2) is 67.9 Å². The lowest BCUT2D eigenvalue weighted by Crippen LogP contribution is -2.48. The molecular formula is C26H31ClFN3O4. The highest BCUT2D eigenvalue weighted by Crippen LogP contribution is 2.36. The van der Waals surface area contributed by atoms with Crippen LogP contribution in [-0.2, 0) is 4.79 Å². The molecule has 0 spiro atoms. The number of carbonyl (C=O) groups excluding carboxylic acids is 1. The van der Waals surface area contributed by atoms with E-state index in [9.17, 15) is 14.3 Å². The Balaban J connectivity index is 1.30. The molecule has 3 heterocycles. The van der Waals surface area contributed by atoms with Crippen molar-refractivity contribution in [2.24, 2.45) is 5.92 Å².